The van der Waals surface area contributed by atoms with Gasteiger partial charge in [-0.1, -0.05) is 0 Å². The number of nitrogens with zero attached hydrogens (tertiary/aromatic N) is 3. The molecule has 2 aliphatic carbocycles. The van der Waals surface area contributed by atoms with Crippen molar-refractivity contribution in [3.05, 3.63) is 29.3 Å². The summed E-state index contributed by atoms with van der Waals surface area (Å²) in [6.45, 7) is 1.13. The van der Waals surface area contributed by atoms with Crippen molar-refractivity contribution in [3.8, 4) is 11.8 Å². The van der Waals surface area contributed by atoms with Gasteiger partial charge in [-0.3, -0.25) is 14.8 Å². The quantitative estimate of drug-likeness (QED) is 0.837. The van der Waals surface area contributed by atoms with Crippen molar-refractivity contribution in [2.24, 2.45) is 15.4 Å². The Morgan fingerprint density at radius 3 is 2.62 bits per heavy atom. The Morgan fingerprint density at radius 1 is 1.24 bits per heavy atom. The molecular formula is C20H19F3N4O2. The average molecular weight is 404 g/mol. The van der Waals surface area contributed by atoms with Crippen LogP contribution >= 0.6 is 0 Å². The molecule has 0 aromatic heterocycles. The first kappa shape index (κ1) is 19.4. The van der Waals surface area contributed by atoms with Crippen molar-refractivity contribution >= 4 is 17.8 Å². The third-order valence-corrected chi connectivity index (χ3v) is 5.69. The topological polar surface area (TPSA) is 86.8 Å². The van der Waals surface area contributed by atoms with Gasteiger partial charge in [0.25, 0.3) is 5.91 Å². The first-order chi connectivity index (χ1) is 13.8. The number of carbonyl (C=O) groups is 1. The molecule has 6 nitrogen and oxygen atoms in total. The van der Waals surface area contributed by atoms with E-state index in [4.69, 9.17) is 10.00 Å². The highest BCUT2D eigenvalue weighted by Gasteiger charge is 2.54. The number of carbonyl (C=O) groups excluding carboxylic acids is 1. The van der Waals surface area contributed by atoms with Crippen molar-refractivity contribution in [3.63, 3.8) is 0 Å². The molecule has 1 aromatic rings. The average Bonchev–Trinajstić information content (AvgIpc) is 2.64. The summed E-state index contributed by atoms with van der Waals surface area (Å²) in [5, 5.41) is 11.8. The van der Waals surface area contributed by atoms with Crippen LogP contribution in [0.15, 0.2) is 28.2 Å². The van der Waals surface area contributed by atoms with Gasteiger partial charge in [0.2, 0.25) is 0 Å². The van der Waals surface area contributed by atoms with Gasteiger partial charge in [0, 0.05) is 6.04 Å². The minimum absolute atomic E-state index is 0.0771. The van der Waals surface area contributed by atoms with E-state index < -0.39 is 17.3 Å². The third-order valence-electron chi connectivity index (χ3n) is 5.69. The van der Waals surface area contributed by atoms with E-state index in [1.807, 2.05) is 0 Å². The predicted molar refractivity (Wildman–Crippen MR) is 99.1 cm³/mol. The van der Waals surface area contributed by atoms with Gasteiger partial charge in [-0.05, 0) is 49.3 Å². The molecule has 4 rings (SSSR count). The SMILES string of the molecule is N#Cc1ccc(OC2CC3(CC(NC(=O)C4=NCCN=C4)C3)C2)cc1C(F)(F)F. The summed E-state index contributed by atoms with van der Waals surface area (Å²) in [6, 6.07) is 5.06. The van der Waals surface area contributed by atoms with E-state index in [0.717, 1.165) is 37.8 Å². The standard InChI is InChI=1S/C20H19F3N4O2/c21-20(22,23)16-5-14(2-1-12(16)10-24)29-15-8-19(9-15)6-13(7-19)27-18(28)17-11-25-3-4-26-17/h1-2,5,11,13,15H,3-4,6-9H2,(H,27,28). The second-order valence-corrected chi connectivity index (χ2v) is 7.85. The smallest absolute Gasteiger partial charge is 0.417 e. The summed E-state index contributed by atoms with van der Waals surface area (Å²) < 4.78 is 44.9. The minimum Gasteiger partial charge on any atom is -0.490 e. The Morgan fingerprint density at radius 2 is 2.00 bits per heavy atom. The van der Waals surface area contributed by atoms with Crippen molar-refractivity contribution < 1.29 is 22.7 Å². The molecule has 29 heavy (non-hydrogen) atoms. The molecule has 1 aromatic carbocycles. The number of ether oxygens (including phenoxy) is 1. The van der Waals surface area contributed by atoms with Gasteiger partial charge < -0.3 is 10.1 Å². The van der Waals surface area contributed by atoms with E-state index in [1.54, 1.807) is 6.07 Å². The molecule has 1 amide bonds. The van der Waals surface area contributed by atoms with Crippen LogP contribution in [0.5, 0.6) is 5.75 Å². The number of hydrogen-bond donors (Lipinski definition) is 1. The lowest BCUT2D eigenvalue weighted by molar-refractivity contribution is -0.138. The maximum atomic E-state index is 13.1. The number of aliphatic imine (C=N–C) groups is 2. The van der Waals surface area contributed by atoms with Crippen molar-refractivity contribution in [2.75, 3.05) is 13.1 Å². The summed E-state index contributed by atoms with van der Waals surface area (Å²) in [5.74, 6) is -0.0902. The lowest BCUT2D eigenvalue weighted by atomic mass is 9.53. The number of hydrogen-bond acceptors (Lipinski definition) is 5. The van der Waals surface area contributed by atoms with Gasteiger partial charge in [-0.25, -0.2) is 0 Å². The number of alkyl halides is 3. The zero-order valence-electron chi connectivity index (χ0n) is 15.5. The molecule has 1 heterocycles. The predicted octanol–water partition coefficient (Wildman–Crippen LogP) is 2.91. The van der Waals surface area contributed by atoms with Crippen LogP contribution < -0.4 is 10.1 Å². The summed E-state index contributed by atoms with van der Waals surface area (Å²) in [4.78, 5) is 20.3. The van der Waals surface area contributed by atoms with E-state index >= 15 is 0 Å². The van der Waals surface area contributed by atoms with Crippen LogP contribution in [0.2, 0.25) is 0 Å². The molecule has 1 aliphatic heterocycles. The normalized spacial score (nSPS) is 28.0. The Kier molecular flexibility index (Phi) is 4.81. The highest BCUT2D eigenvalue weighted by molar-refractivity contribution is 6.60. The van der Waals surface area contributed by atoms with Crippen LogP contribution in [0.3, 0.4) is 0 Å². The molecule has 2 saturated carbocycles. The molecule has 0 atom stereocenters. The van der Waals surface area contributed by atoms with E-state index in [9.17, 15) is 18.0 Å². The second-order valence-electron chi connectivity index (χ2n) is 7.85. The fraction of sp³-hybridized carbons (Fsp3) is 0.500. The summed E-state index contributed by atoms with van der Waals surface area (Å²) in [7, 11) is 0. The Bertz CT molecular complexity index is 919. The van der Waals surface area contributed by atoms with Crippen molar-refractivity contribution in [1.82, 2.24) is 5.32 Å². The first-order valence-corrected chi connectivity index (χ1v) is 9.41. The summed E-state index contributed by atoms with van der Waals surface area (Å²) in [6.07, 6.45) is -0.137. The number of nitrogens with one attached hydrogen (secondary N) is 1. The van der Waals surface area contributed by atoms with Gasteiger partial charge >= 0.3 is 6.18 Å². The molecular weight excluding hydrogens is 385 g/mol. The maximum Gasteiger partial charge on any atom is 0.417 e. The van der Waals surface area contributed by atoms with Crippen molar-refractivity contribution in [2.45, 2.75) is 44.0 Å². The van der Waals surface area contributed by atoms with Gasteiger partial charge in [0.05, 0.1) is 42.6 Å². The fourth-order valence-corrected chi connectivity index (χ4v) is 4.34. The van der Waals surface area contributed by atoms with Crippen LogP contribution in [-0.4, -0.2) is 43.1 Å². The monoisotopic (exact) mass is 404 g/mol. The zero-order chi connectivity index (χ0) is 20.6. The Balaban J connectivity index is 1.27. The largest absolute Gasteiger partial charge is 0.490 e. The number of benzene rings is 1. The molecule has 0 bridgehead atoms. The molecule has 1 spiro atoms. The fourth-order valence-electron chi connectivity index (χ4n) is 4.34. The Hall–Kier alpha value is -2.89. The van der Waals surface area contributed by atoms with Crippen LogP contribution in [0.1, 0.15) is 36.8 Å². The second kappa shape index (κ2) is 7.17. The van der Waals surface area contributed by atoms with Crippen LogP contribution in [0, 0.1) is 16.7 Å². The molecule has 2 fully saturated rings. The maximum absolute atomic E-state index is 13.1. The first-order valence-electron chi connectivity index (χ1n) is 9.41. The lowest BCUT2D eigenvalue weighted by Crippen LogP contribution is -2.59. The van der Waals surface area contributed by atoms with Crippen LogP contribution in [0.4, 0.5) is 13.2 Å². The number of rotatable bonds is 4. The number of nitriles is 1. The number of halogens is 3. The van der Waals surface area contributed by atoms with Gasteiger partial charge in [0.1, 0.15) is 11.5 Å². The highest BCUT2D eigenvalue weighted by Crippen LogP contribution is 2.56. The third kappa shape index (κ3) is 3.97. The molecule has 3 aliphatic rings. The minimum atomic E-state index is -4.60. The van der Waals surface area contributed by atoms with E-state index in [-0.39, 0.29) is 29.2 Å². The van der Waals surface area contributed by atoms with Gasteiger partial charge in [-0.2, -0.15) is 18.4 Å². The molecule has 0 unspecified atom stereocenters. The molecule has 0 saturated heterocycles. The molecule has 1 N–H and O–H groups in total. The summed E-state index contributed by atoms with van der Waals surface area (Å²) in [5.41, 5.74) is -0.953. The van der Waals surface area contributed by atoms with E-state index in [0.29, 0.717) is 18.8 Å². The molecule has 152 valence electrons. The van der Waals surface area contributed by atoms with Crippen molar-refractivity contribution in [1.29, 1.82) is 5.26 Å². The summed E-state index contributed by atoms with van der Waals surface area (Å²) >= 11 is 0. The van der Waals surface area contributed by atoms with Gasteiger partial charge in [-0.15, -0.1) is 0 Å². The van der Waals surface area contributed by atoms with E-state index in [1.165, 1.54) is 12.3 Å². The highest BCUT2D eigenvalue weighted by atomic mass is 19.4. The number of amides is 1. The zero-order valence-corrected chi connectivity index (χ0v) is 15.5. The van der Waals surface area contributed by atoms with Crippen LogP contribution in [0.25, 0.3) is 0 Å². The lowest BCUT2D eigenvalue weighted by Gasteiger charge is -2.57. The van der Waals surface area contributed by atoms with Crippen LogP contribution in [-0.2, 0) is 11.0 Å². The van der Waals surface area contributed by atoms with Gasteiger partial charge in [0.15, 0.2) is 0 Å². The Labute approximate surface area is 165 Å². The van der Waals surface area contributed by atoms with E-state index in [2.05, 4.69) is 15.3 Å². The molecule has 9 heteroatoms. The molecule has 0 radical (unpaired) electrons.